The highest BCUT2D eigenvalue weighted by molar-refractivity contribution is 6.33. The molecule has 0 aliphatic rings. The summed E-state index contributed by atoms with van der Waals surface area (Å²) in [5.74, 6) is 0. The average molecular weight is 273 g/mol. The first-order valence-corrected chi connectivity index (χ1v) is 6.03. The molecule has 0 bridgehead atoms. The number of anilines is 2. The molecule has 0 aliphatic heterocycles. The molecule has 0 radical (unpaired) electrons. The van der Waals surface area contributed by atoms with Gasteiger partial charge in [0.2, 0.25) is 0 Å². The Morgan fingerprint density at radius 2 is 1.79 bits per heavy atom. The van der Waals surface area contributed by atoms with E-state index in [4.69, 9.17) is 16.0 Å². The summed E-state index contributed by atoms with van der Waals surface area (Å²) in [7, 11) is 0. The molecular weight excluding hydrogens is 264 g/mol. The first-order valence-electron chi connectivity index (χ1n) is 5.65. The molecule has 0 aliphatic carbocycles. The molecule has 0 saturated carbocycles. The predicted octanol–water partition coefficient (Wildman–Crippen LogP) is 3.59. The van der Waals surface area contributed by atoms with Crippen LogP contribution in [-0.2, 0) is 0 Å². The van der Waals surface area contributed by atoms with Crippen LogP contribution in [0, 0.1) is 0 Å². The minimum Gasteiger partial charge on any atom is -0.388 e. The lowest BCUT2D eigenvalue weighted by Gasteiger charge is -2.06. The number of benzene rings is 2. The third kappa shape index (κ3) is 2.30. The summed E-state index contributed by atoms with van der Waals surface area (Å²) in [6, 6.07) is 14.3. The summed E-state index contributed by atoms with van der Waals surface area (Å²) in [5.41, 5.74) is 0.781. The third-order valence-corrected chi connectivity index (χ3v) is 2.98. The SMILES string of the molecule is O=c1oc(Nc2ccccc2Cl)nc2ccccc12. The van der Waals surface area contributed by atoms with Crippen molar-refractivity contribution in [1.82, 2.24) is 4.98 Å². The topological polar surface area (TPSA) is 55.1 Å². The van der Waals surface area contributed by atoms with E-state index in [9.17, 15) is 4.79 Å². The van der Waals surface area contributed by atoms with Gasteiger partial charge in [0.15, 0.2) is 0 Å². The van der Waals surface area contributed by atoms with E-state index in [-0.39, 0.29) is 6.01 Å². The molecule has 2 aromatic carbocycles. The summed E-state index contributed by atoms with van der Waals surface area (Å²) >= 11 is 6.02. The van der Waals surface area contributed by atoms with Gasteiger partial charge in [-0.15, -0.1) is 0 Å². The van der Waals surface area contributed by atoms with Crippen molar-refractivity contribution in [1.29, 1.82) is 0 Å². The van der Waals surface area contributed by atoms with E-state index in [1.165, 1.54) is 0 Å². The van der Waals surface area contributed by atoms with Crippen LogP contribution in [-0.4, -0.2) is 4.98 Å². The summed E-state index contributed by atoms with van der Waals surface area (Å²) in [6.07, 6.45) is 0. The molecule has 5 heteroatoms. The van der Waals surface area contributed by atoms with Gasteiger partial charge in [-0.05, 0) is 24.3 Å². The molecule has 4 nitrogen and oxygen atoms in total. The van der Waals surface area contributed by atoms with Gasteiger partial charge >= 0.3 is 11.6 Å². The molecule has 94 valence electrons. The highest BCUT2D eigenvalue weighted by Gasteiger charge is 2.07. The normalized spacial score (nSPS) is 10.6. The number of hydrogen-bond donors (Lipinski definition) is 1. The quantitative estimate of drug-likeness (QED) is 0.775. The van der Waals surface area contributed by atoms with Gasteiger partial charge in [0.25, 0.3) is 0 Å². The van der Waals surface area contributed by atoms with Crippen LogP contribution in [0.15, 0.2) is 57.7 Å². The molecule has 0 fully saturated rings. The zero-order chi connectivity index (χ0) is 13.2. The molecular formula is C14H9ClN2O2. The summed E-state index contributed by atoms with van der Waals surface area (Å²) in [5, 5.41) is 3.87. The molecule has 0 amide bonds. The highest BCUT2D eigenvalue weighted by atomic mass is 35.5. The zero-order valence-electron chi connectivity index (χ0n) is 9.76. The number of halogens is 1. The number of nitrogens with one attached hydrogen (secondary N) is 1. The second-order valence-electron chi connectivity index (χ2n) is 3.93. The first-order chi connectivity index (χ1) is 9.24. The van der Waals surface area contributed by atoms with Crippen molar-refractivity contribution in [2.75, 3.05) is 5.32 Å². The second kappa shape index (κ2) is 4.74. The zero-order valence-corrected chi connectivity index (χ0v) is 10.5. The van der Waals surface area contributed by atoms with Crippen LogP contribution in [0.3, 0.4) is 0 Å². The van der Waals surface area contributed by atoms with Gasteiger partial charge in [-0.2, -0.15) is 4.98 Å². The fourth-order valence-corrected chi connectivity index (χ4v) is 1.93. The van der Waals surface area contributed by atoms with Crippen molar-refractivity contribution in [2.45, 2.75) is 0 Å². The van der Waals surface area contributed by atoms with Gasteiger partial charge in [0.05, 0.1) is 21.6 Å². The Morgan fingerprint density at radius 1 is 1.05 bits per heavy atom. The molecule has 1 N–H and O–H groups in total. The molecule has 19 heavy (non-hydrogen) atoms. The van der Waals surface area contributed by atoms with Crippen molar-refractivity contribution >= 4 is 34.2 Å². The van der Waals surface area contributed by atoms with Gasteiger partial charge < -0.3 is 9.73 Å². The molecule has 0 unspecified atom stereocenters. The Morgan fingerprint density at radius 3 is 2.63 bits per heavy atom. The number of fused-ring (bicyclic) bond motifs is 1. The Kier molecular flexibility index (Phi) is 2.93. The van der Waals surface area contributed by atoms with Crippen LogP contribution < -0.4 is 10.9 Å². The van der Waals surface area contributed by atoms with E-state index < -0.39 is 5.63 Å². The number of nitrogens with zero attached hydrogens (tertiary/aromatic N) is 1. The van der Waals surface area contributed by atoms with E-state index >= 15 is 0 Å². The van der Waals surface area contributed by atoms with E-state index in [1.807, 2.05) is 18.2 Å². The summed E-state index contributed by atoms with van der Waals surface area (Å²) in [6.45, 7) is 0. The van der Waals surface area contributed by atoms with E-state index in [0.717, 1.165) is 0 Å². The molecule has 1 aromatic heterocycles. The fraction of sp³-hybridized carbons (Fsp3) is 0. The largest absolute Gasteiger partial charge is 0.388 e. The van der Waals surface area contributed by atoms with E-state index in [0.29, 0.717) is 21.6 Å². The lowest BCUT2D eigenvalue weighted by molar-refractivity contribution is 0.522. The Balaban J connectivity index is 2.07. The van der Waals surface area contributed by atoms with Crippen molar-refractivity contribution < 1.29 is 4.42 Å². The standard InChI is InChI=1S/C14H9ClN2O2/c15-10-6-2-4-8-12(10)17-14-16-11-7-3-1-5-9(11)13(18)19-14/h1-8H,(H,16,17). The predicted molar refractivity (Wildman–Crippen MR) is 75.0 cm³/mol. The molecule has 1 heterocycles. The van der Waals surface area contributed by atoms with Gasteiger partial charge in [0.1, 0.15) is 0 Å². The van der Waals surface area contributed by atoms with Crippen LogP contribution in [0.4, 0.5) is 11.7 Å². The Bertz CT molecular complexity index is 799. The number of hydrogen-bond acceptors (Lipinski definition) is 4. The lowest BCUT2D eigenvalue weighted by atomic mass is 10.2. The first kappa shape index (κ1) is 11.7. The second-order valence-corrected chi connectivity index (χ2v) is 4.34. The van der Waals surface area contributed by atoms with Gasteiger partial charge in [-0.25, -0.2) is 4.79 Å². The van der Waals surface area contributed by atoms with Crippen molar-refractivity contribution in [3.8, 4) is 0 Å². The fourth-order valence-electron chi connectivity index (χ4n) is 1.75. The molecule has 3 rings (SSSR count). The van der Waals surface area contributed by atoms with Crippen LogP contribution in [0.1, 0.15) is 0 Å². The number of aromatic nitrogens is 1. The van der Waals surface area contributed by atoms with Gasteiger partial charge in [0, 0.05) is 0 Å². The third-order valence-electron chi connectivity index (χ3n) is 2.65. The minimum atomic E-state index is -0.430. The van der Waals surface area contributed by atoms with Crippen LogP contribution in [0.5, 0.6) is 0 Å². The lowest BCUT2D eigenvalue weighted by Crippen LogP contribution is -2.05. The van der Waals surface area contributed by atoms with Crippen molar-refractivity contribution in [3.05, 3.63) is 64.0 Å². The maximum atomic E-state index is 11.8. The smallest absolute Gasteiger partial charge is 0.348 e. The number of rotatable bonds is 2. The molecule has 0 saturated heterocycles. The maximum Gasteiger partial charge on any atom is 0.348 e. The number of para-hydroxylation sites is 2. The van der Waals surface area contributed by atoms with Crippen molar-refractivity contribution in [3.63, 3.8) is 0 Å². The summed E-state index contributed by atoms with van der Waals surface area (Å²) in [4.78, 5) is 16.0. The Labute approximate surface area is 113 Å². The van der Waals surface area contributed by atoms with Crippen LogP contribution in [0.25, 0.3) is 10.9 Å². The van der Waals surface area contributed by atoms with E-state index in [1.54, 1.807) is 30.3 Å². The van der Waals surface area contributed by atoms with Crippen LogP contribution in [0.2, 0.25) is 5.02 Å². The van der Waals surface area contributed by atoms with Gasteiger partial charge in [-0.3, -0.25) is 0 Å². The highest BCUT2D eigenvalue weighted by Crippen LogP contribution is 2.24. The average Bonchev–Trinajstić information content (AvgIpc) is 2.42. The summed E-state index contributed by atoms with van der Waals surface area (Å²) < 4.78 is 5.11. The molecule has 3 aromatic rings. The monoisotopic (exact) mass is 272 g/mol. The van der Waals surface area contributed by atoms with Crippen LogP contribution >= 0.6 is 11.6 Å². The van der Waals surface area contributed by atoms with E-state index in [2.05, 4.69) is 10.3 Å². The minimum absolute atomic E-state index is 0.122. The Hall–Kier alpha value is -2.33. The van der Waals surface area contributed by atoms with Crippen molar-refractivity contribution in [2.24, 2.45) is 0 Å². The maximum absolute atomic E-state index is 11.8. The molecule has 0 spiro atoms. The van der Waals surface area contributed by atoms with Gasteiger partial charge in [-0.1, -0.05) is 35.9 Å². The molecule has 0 atom stereocenters.